The van der Waals surface area contributed by atoms with Crippen LogP contribution in [0.2, 0.25) is 0 Å². The molecule has 0 aromatic heterocycles. The van der Waals surface area contributed by atoms with Crippen molar-refractivity contribution in [1.29, 1.82) is 0 Å². The molecule has 0 unspecified atom stereocenters. The number of carbonyl (C=O) groups is 1. The van der Waals surface area contributed by atoms with Crippen molar-refractivity contribution in [3.63, 3.8) is 0 Å². The van der Waals surface area contributed by atoms with E-state index in [1.165, 1.54) is 14.0 Å². The molecule has 0 amide bonds. The van der Waals surface area contributed by atoms with Crippen LogP contribution in [0.1, 0.15) is 13.8 Å². The monoisotopic (exact) mass is 328 g/mol. The lowest BCUT2D eigenvalue weighted by Crippen LogP contribution is -2.36. The molecule has 0 rings (SSSR count). The van der Waals surface area contributed by atoms with Gasteiger partial charge in [0, 0.05) is 20.8 Å². The molecule has 3 N–H and O–H groups in total. The van der Waals surface area contributed by atoms with Gasteiger partial charge in [0.15, 0.2) is 0 Å². The third-order valence-corrected chi connectivity index (χ3v) is 2.31. The molecule has 0 aromatic rings. The van der Waals surface area contributed by atoms with E-state index in [0.717, 1.165) is 6.61 Å². The molecule has 0 bridgehead atoms. The molecule has 8 heteroatoms. The van der Waals surface area contributed by atoms with Gasteiger partial charge in [-0.2, -0.15) is 0 Å². The number of esters is 1. The van der Waals surface area contributed by atoms with Crippen molar-refractivity contribution in [1.82, 2.24) is 0 Å². The van der Waals surface area contributed by atoms with Crippen molar-refractivity contribution in [3.05, 3.63) is 0 Å². The van der Waals surface area contributed by atoms with Crippen molar-refractivity contribution < 1.29 is 39.1 Å². The van der Waals surface area contributed by atoms with E-state index in [1.807, 2.05) is 6.92 Å². The van der Waals surface area contributed by atoms with Gasteiger partial charge in [0.25, 0.3) is 0 Å². The average Bonchev–Trinajstić information content (AvgIpc) is 2.55. The lowest BCUT2D eigenvalue weighted by atomic mass is 9.93. The third kappa shape index (κ3) is 17.3. The summed E-state index contributed by atoms with van der Waals surface area (Å²) in [7, 11) is 4.43. The molecule has 0 atom stereocenters. The standard InChI is InChI=1S/C6H12O4.C5H12O2.C3H8O2/c1-6(3-7,4-8)5(9)10-2;1-3-7-5-4-6-2;1-5-3-2-4/h7-8H,3-4H2,1-2H3;3-5H2,1-2H3;4H,2-3H2,1H3. The molecule has 0 spiro atoms. The maximum Gasteiger partial charge on any atom is 0.316 e. The van der Waals surface area contributed by atoms with Crippen LogP contribution in [0.15, 0.2) is 0 Å². The number of aliphatic hydroxyl groups is 3. The van der Waals surface area contributed by atoms with E-state index in [-0.39, 0.29) is 6.61 Å². The van der Waals surface area contributed by atoms with Gasteiger partial charge >= 0.3 is 5.97 Å². The largest absolute Gasteiger partial charge is 0.468 e. The summed E-state index contributed by atoms with van der Waals surface area (Å²) in [5.74, 6) is -0.600. The highest BCUT2D eigenvalue weighted by Crippen LogP contribution is 2.15. The first-order chi connectivity index (χ1) is 10.4. The zero-order valence-corrected chi connectivity index (χ0v) is 14.3. The van der Waals surface area contributed by atoms with Crippen LogP contribution in [-0.2, 0) is 23.7 Å². The summed E-state index contributed by atoms with van der Waals surface area (Å²) in [5, 5.41) is 25.2. The molecule has 8 nitrogen and oxygen atoms in total. The van der Waals surface area contributed by atoms with Crippen LogP contribution in [-0.4, -0.2) is 88.9 Å². The van der Waals surface area contributed by atoms with Crippen LogP contribution < -0.4 is 0 Å². The molecule has 22 heavy (non-hydrogen) atoms. The first kappa shape index (κ1) is 26.1. The minimum absolute atomic E-state index is 0.122. The van der Waals surface area contributed by atoms with E-state index < -0.39 is 24.6 Å². The van der Waals surface area contributed by atoms with E-state index in [4.69, 9.17) is 24.8 Å². The van der Waals surface area contributed by atoms with Crippen LogP contribution in [0.3, 0.4) is 0 Å². The van der Waals surface area contributed by atoms with Gasteiger partial charge in [0.05, 0.1) is 46.8 Å². The van der Waals surface area contributed by atoms with E-state index in [9.17, 15) is 4.79 Å². The predicted octanol–water partition coefficient (Wildman–Crippen LogP) is -0.555. The van der Waals surface area contributed by atoms with Gasteiger partial charge in [0.2, 0.25) is 0 Å². The van der Waals surface area contributed by atoms with Gasteiger partial charge in [-0.25, -0.2) is 0 Å². The number of rotatable bonds is 9. The van der Waals surface area contributed by atoms with E-state index in [1.54, 1.807) is 14.2 Å². The average molecular weight is 328 g/mol. The second-order valence-corrected chi connectivity index (χ2v) is 4.27. The summed E-state index contributed by atoms with van der Waals surface area (Å²) in [5.41, 5.74) is -1.16. The van der Waals surface area contributed by atoms with Crippen LogP contribution >= 0.6 is 0 Å². The number of carbonyl (C=O) groups excluding carboxylic acids is 1. The zero-order chi connectivity index (χ0) is 17.9. The Morgan fingerprint density at radius 3 is 1.64 bits per heavy atom. The SMILES string of the molecule is CCOCCOC.COC(=O)C(C)(CO)CO.COCCO. The van der Waals surface area contributed by atoms with Gasteiger partial charge in [-0.05, 0) is 13.8 Å². The predicted molar refractivity (Wildman–Crippen MR) is 81.6 cm³/mol. The van der Waals surface area contributed by atoms with Gasteiger partial charge in [0.1, 0.15) is 5.41 Å². The van der Waals surface area contributed by atoms with Crippen LogP contribution in [0, 0.1) is 5.41 Å². The Kier molecular flexibility index (Phi) is 24.0. The molecule has 0 aliphatic carbocycles. The zero-order valence-electron chi connectivity index (χ0n) is 14.3. The smallest absolute Gasteiger partial charge is 0.316 e. The van der Waals surface area contributed by atoms with Crippen molar-refractivity contribution in [2.24, 2.45) is 5.41 Å². The van der Waals surface area contributed by atoms with Crippen molar-refractivity contribution >= 4 is 5.97 Å². The van der Waals surface area contributed by atoms with Gasteiger partial charge in [-0.1, -0.05) is 0 Å². The fourth-order valence-electron chi connectivity index (χ4n) is 0.803. The second kappa shape index (κ2) is 20.2. The van der Waals surface area contributed by atoms with E-state index >= 15 is 0 Å². The topological polar surface area (TPSA) is 115 Å². The minimum Gasteiger partial charge on any atom is -0.468 e. The van der Waals surface area contributed by atoms with E-state index in [2.05, 4.69) is 9.47 Å². The molecule has 0 radical (unpaired) electrons. The highest BCUT2D eigenvalue weighted by atomic mass is 16.5. The minimum atomic E-state index is -1.16. The first-order valence-electron chi connectivity index (χ1n) is 6.90. The van der Waals surface area contributed by atoms with E-state index in [0.29, 0.717) is 19.8 Å². The maximum atomic E-state index is 10.8. The third-order valence-electron chi connectivity index (χ3n) is 2.31. The van der Waals surface area contributed by atoms with Crippen molar-refractivity contribution in [2.75, 3.05) is 67.6 Å². The molecular formula is C14H32O8. The summed E-state index contributed by atoms with van der Waals surface area (Å²) in [4.78, 5) is 10.8. The summed E-state index contributed by atoms with van der Waals surface area (Å²) in [6.45, 7) is 5.35. The van der Waals surface area contributed by atoms with Gasteiger partial charge in [-0.3, -0.25) is 4.79 Å². The van der Waals surface area contributed by atoms with Crippen LogP contribution in [0.25, 0.3) is 0 Å². The number of aliphatic hydroxyl groups excluding tert-OH is 3. The fraction of sp³-hybridized carbons (Fsp3) is 0.929. The summed E-state index contributed by atoms with van der Waals surface area (Å²) in [6.07, 6.45) is 0. The molecule has 0 aromatic carbocycles. The molecule has 0 saturated heterocycles. The van der Waals surface area contributed by atoms with Crippen LogP contribution in [0.5, 0.6) is 0 Å². The summed E-state index contributed by atoms with van der Waals surface area (Å²) >= 11 is 0. The normalized spacial score (nSPS) is 10.0. The highest BCUT2D eigenvalue weighted by molar-refractivity contribution is 5.76. The molecule has 0 saturated carbocycles. The maximum absolute atomic E-state index is 10.8. The van der Waals surface area contributed by atoms with Gasteiger partial charge in [-0.15, -0.1) is 0 Å². The molecule has 136 valence electrons. The number of hydrogen-bond acceptors (Lipinski definition) is 8. The Labute approximate surface area is 132 Å². The number of ether oxygens (including phenoxy) is 4. The molecule has 0 aliphatic rings. The molecule has 0 aliphatic heterocycles. The second-order valence-electron chi connectivity index (χ2n) is 4.27. The molecule has 0 heterocycles. The number of methoxy groups -OCH3 is 3. The Bertz CT molecular complexity index is 213. The lowest BCUT2D eigenvalue weighted by molar-refractivity contribution is -0.156. The molecule has 0 fully saturated rings. The van der Waals surface area contributed by atoms with Crippen molar-refractivity contribution in [2.45, 2.75) is 13.8 Å². The Morgan fingerprint density at radius 2 is 1.45 bits per heavy atom. The number of hydrogen-bond donors (Lipinski definition) is 3. The first-order valence-corrected chi connectivity index (χ1v) is 6.90. The summed E-state index contributed by atoms with van der Waals surface area (Å²) in [6, 6.07) is 0. The molecular weight excluding hydrogens is 296 g/mol. The van der Waals surface area contributed by atoms with Crippen LogP contribution in [0.4, 0.5) is 0 Å². The van der Waals surface area contributed by atoms with Crippen molar-refractivity contribution in [3.8, 4) is 0 Å². The Balaban J connectivity index is -0.000000263. The lowest BCUT2D eigenvalue weighted by Gasteiger charge is -2.20. The van der Waals surface area contributed by atoms with Gasteiger partial charge < -0.3 is 34.3 Å². The Morgan fingerprint density at radius 1 is 0.955 bits per heavy atom. The Hall–Kier alpha value is -0.770. The fourth-order valence-corrected chi connectivity index (χ4v) is 0.803. The quantitative estimate of drug-likeness (QED) is 0.381. The highest BCUT2D eigenvalue weighted by Gasteiger charge is 2.32. The summed E-state index contributed by atoms with van der Waals surface area (Å²) < 4.78 is 18.4.